The molecule has 50 valence electrons. The summed E-state index contributed by atoms with van der Waals surface area (Å²) in [5, 5.41) is 0. The van der Waals surface area contributed by atoms with Crippen molar-refractivity contribution in [3.8, 4) is 0 Å². The number of hydrogen-bond acceptors (Lipinski definition) is 1. The van der Waals surface area contributed by atoms with E-state index in [-0.39, 0.29) is 0 Å². The molecular weight excluding hydrogens is 127 g/mol. The van der Waals surface area contributed by atoms with Crippen LogP contribution in [0.5, 0.6) is 0 Å². The van der Waals surface area contributed by atoms with Crippen LogP contribution in [-0.4, -0.2) is 16.5 Å². The van der Waals surface area contributed by atoms with E-state index in [4.69, 9.17) is 9.79 Å². The highest BCUT2D eigenvalue weighted by molar-refractivity contribution is 7.50. The monoisotopic (exact) mass is 138 g/mol. The van der Waals surface area contributed by atoms with Crippen molar-refractivity contribution in [2.75, 3.05) is 6.66 Å². The third-order valence-corrected chi connectivity index (χ3v) is 0. The summed E-state index contributed by atoms with van der Waals surface area (Å²) in [4.78, 5) is 15.3. The lowest BCUT2D eigenvalue weighted by Gasteiger charge is -1.84. The first-order chi connectivity index (χ1) is 3.41. The van der Waals surface area contributed by atoms with Crippen LogP contribution in [0.1, 0.15) is 6.92 Å². The van der Waals surface area contributed by atoms with Crippen molar-refractivity contribution in [2.45, 2.75) is 6.92 Å². The van der Waals surface area contributed by atoms with Gasteiger partial charge in [0.2, 0.25) is 0 Å². The lowest BCUT2D eigenvalue weighted by atomic mass is 10.8. The fourth-order valence-electron chi connectivity index (χ4n) is 0. The fraction of sp³-hybridized carbons (Fsp3) is 0.500. The van der Waals surface area contributed by atoms with Gasteiger partial charge in [0.1, 0.15) is 0 Å². The molecule has 4 heteroatoms. The first-order valence-electron chi connectivity index (χ1n) is 2.02. The SMILES string of the molecule is C=CC.CP(=O)(O)O. The summed E-state index contributed by atoms with van der Waals surface area (Å²) in [7, 11) is -3.64. The lowest BCUT2D eigenvalue weighted by Crippen LogP contribution is -1.64. The minimum Gasteiger partial charge on any atom is -0.325 e. The van der Waals surface area contributed by atoms with Crippen LogP contribution in [0.2, 0.25) is 0 Å². The van der Waals surface area contributed by atoms with Crippen LogP contribution in [0.3, 0.4) is 0 Å². The van der Waals surface area contributed by atoms with E-state index in [9.17, 15) is 4.57 Å². The zero-order valence-corrected chi connectivity index (χ0v) is 5.93. The van der Waals surface area contributed by atoms with Gasteiger partial charge in [-0.1, -0.05) is 6.08 Å². The Morgan fingerprint density at radius 2 is 1.62 bits per heavy atom. The van der Waals surface area contributed by atoms with E-state index in [0.29, 0.717) is 0 Å². The van der Waals surface area contributed by atoms with Gasteiger partial charge in [-0.25, -0.2) is 0 Å². The average molecular weight is 138 g/mol. The average Bonchev–Trinajstić information content (AvgIpc) is 1.27. The molecule has 0 unspecified atom stereocenters. The van der Waals surface area contributed by atoms with Crippen molar-refractivity contribution in [1.82, 2.24) is 0 Å². The summed E-state index contributed by atoms with van der Waals surface area (Å²) in [6.07, 6.45) is 1.75. The predicted molar refractivity (Wildman–Crippen MR) is 33.8 cm³/mol. The second-order valence-corrected chi connectivity index (χ2v) is 2.91. The minimum absolute atomic E-state index is 0.854. The number of hydrogen-bond donors (Lipinski definition) is 2. The van der Waals surface area contributed by atoms with Gasteiger partial charge in [0.05, 0.1) is 0 Å². The first kappa shape index (κ1) is 10.8. The summed E-state index contributed by atoms with van der Waals surface area (Å²) >= 11 is 0. The molecule has 3 nitrogen and oxygen atoms in total. The summed E-state index contributed by atoms with van der Waals surface area (Å²) in [6.45, 7) is 6.10. The molecule has 2 N–H and O–H groups in total. The van der Waals surface area contributed by atoms with Gasteiger partial charge < -0.3 is 9.79 Å². The van der Waals surface area contributed by atoms with E-state index in [1.54, 1.807) is 6.08 Å². The van der Waals surface area contributed by atoms with Gasteiger partial charge in [-0.05, 0) is 6.92 Å². The molecule has 0 atom stereocenters. The first-order valence-corrected chi connectivity index (χ1v) is 4.07. The Bertz CT molecular complexity index is 85.2. The van der Waals surface area contributed by atoms with Crippen molar-refractivity contribution in [2.24, 2.45) is 0 Å². The molecule has 0 radical (unpaired) electrons. The van der Waals surface area contributed by atoms with Crippen molar-refractivity contribution in [1.29, 1.82) is 0 Å². The maximum atomic E-state index is 9.33. The van der Waals surface area contributed by atoms with Gasteiger partial charge in [-0.3, -0.25) is 4.57 Å². The molecule has 0 rings (SSSR count). The third-order valence-electron chi connectivity index (χ3n) is 0. The lowest BCUT2D eigenvalue weighted by molar-refractivity contribution is 0.381. The zero-order valence-electron chi connectivity index (χ0n) is 5.03. The highest BCUT2D eigenvalue weighted by atomic mass is 31.2. The summed E-state index contributed by atoms with van der Waals surface area (Å²) in [6, 6.07) is 0. The molecule has 0 aliphatic rings. The Morgan fingerprint density at radius 1 is 1.62 bits per heavy atom. The summed E-state index contributed by atoms with van der Waals surface area (Å²) in [5.41, 5.74) is 0. The quantitative estimate of drug-likeness (QED) is 0.387. The number of rotatable bonds is 0. The van der Waals surface area contributed by atoms with Gasteiger partial charge >= 0.3 is 7.60 Å². The van der Waals surface area contributed by atoms with Gasteiger partial charge in [0.25, 0.3) is 0 Å². The molecule has 0 aromatic rings. The molecule has 0 bridgehead atoms. The largest absolute Gasteiger partial charge is 0.325 e. The maximum Gasteiger partial charge on any atom is 0.322 e. The Kier molecular flexibility index (Phi) is 6.80. The topological polar surface area (TPSA) is 57.5 Å². The van der Waals surface area contributed by atoms with E-state index in [1.807, 2.05) is 6.92 Å². The highest BCUT2D eigenvalue weighted by Crippen LogP contribution is 2.26. The molecule has 0 spiro atoms. The van der Waals surface area contributed by atoms with Crippen LogP contribution in [0, 0.1) is 0 Å². The van der Waals surface area contributed by atoms with Gasteiger partial charge in [-0.2, -0.15) is 0 Å². The Balaban J connectivity index is 0. The van der Waals surface area contributed by atoms with E-state index >= 15 is 0 Å². The minimum atomic E-state index is -3.64. The Hall–Kier alpha value is -0.110. The van der Waals surface area contributed by atoms with Crippen LogP contribution < -0.4 is 0 Å². The van der Waals surface area contributed by atoms with Crippen molar-refractivity contribution in [3.63, 3.8) is 0 Å². The van der Waals surface area contributed by atoms with Gasteiger partial charge in [-0.15, -0.1) is 6.58 Å². The highest BCUT2D eigenvalue weighted by Gasteiger charge is 1.95. The molecule has 0 saturated heterocycles. The molecule has 0 aromatic carbocycles. The standard InChI is InChI=1S/C3H6.CH5O3P/c1-3-2;1-5(2,3)4/h3H,1H2,2H3;1H3,(H2,2,3,4). The molecule has 0 fully saturated rings. The molecule has 0 aliphatic heterocycles. The molecule has 8 heavy (non-hydrogen) atoms. The Labute approximate surface area is 49.2 Å². The van der Waals surface area contributed by atoms with Crippen molar-refractivity contribution >= 4 is 7.60 Å². The fourth-order valence-corrected chi connectivity index (χ4v) is 0. The third kappa shape index (κ3) is 11600. The van der Waals surface area contributed by atoms with Crippen LogP contribution >= 0.6 is 7.60 Å². The molecule has 0 aromatic heterocycles. The second-order valence-electron chi connectivity index (χ2n) is 1.24. The van der Waals surface area contributed by atoms with E-state index in [2.05, 4.69) is 6.58 Å². The molecule has 0 amide bonds. The summed E-state index contributed by atoms with van der Waals surface area (Å²) < 4.78 is 9.33. The molecule has 0 saturated carbocycles. The molecule has 0 aliphatic carbocycles. The van der Waals surface area contributed by atoms with Crippen LogP contribution in [0.4, 0.5) is 0 Å². The predicted octanol–water partition coefficient (Wildman–Crippen LogP) is 0.986. The van der Waals surface area contributed by atoms with E-state index in [0.717, 1.165) is 6.66 Å². The normalized spacial score (nSPS) is 9.00. The van der Waals surface area contributed by atoms with E-state index in [1.165, 1.54) is 0 Å². The van der Waals surface area contributed by atoms with Gasteiger partial charge in [0.15, 0.2) is 0 Å². The number of allylic oxidation sites excluding steroid dienone is 1. The second kappa shape index (κ2) is 5.04. The van der Waals surface area contributed by atoms with Crippen molar-refractivity contribution in [3.05, 3.63) is 12.7 Å². The zero-order chi connectivity index (χ0) is 7.21. The maximum absolute atomic E-state index is 9.33. The van der Waals surface area contributed by atoms with Crippen LogP contribution in [0.15, 0.2) is 12.7 Å². The molecule has 0 heterocycles. The van der Waals surface area contributed by atoms with Gasteiger partial charge in [0, 0.05) is 6.66 Å². The molecular formula is C4H11O3P. The van der Waals surface area contributed by atoms with Crippen LogP contribution in [0.25, 0.3) is 0 Å². The van der Waals surface area contributed by atoms with Crippen molar-refractivity contribution < 1.29 is 14.4 Å². The summed E-state index contributed by atoms with van der Waals surface area (Å²) in [5.74, 6) is 0. The Morgan fingerprint density at radius 3 is 1.62 bits per heavy atom. The van der Waals surface area contributed by atoms with E-state index < -0.39 is 7.60 Å². The van der Waals surface area contributed by atoms with Crippen LogP contribution in [-0.2, 0) is 4.57 Å². The smallest absolute Gasteiger partial charge is 0.322 e.